The van der Waals surface area contributed by atoms with Crippen molar-refractivity contribution >= 4 is 28.8 Å². The lowest BCUT2D eigenvalue weighted by molar-refractivity contribution is 0.0950. The molecule has 5 aromatic rings. The molecule has 1 aliphatic heterocycles. The van der Waals surface area contributed by atoms with Crippen molar-refractivity contribution in [2.45, 2.75) is 6.92 Å². The Balaban J connectivity index is 1.05. The molecule has 0 bridgehead atoms. The van der Waals surface area contributed by atoms with Crippen LogP contribution < -0.4 is 10.2 Å². The quantitative estimate of drug-likeness (QED) is 0.320. The van der Waals surface area contributed by atoms with E-state index in [1.165, 1.54) is 0 Å². The summed E-state index contributed by atoms with van der Waals surface area (Å²) in [6, 6.07) is 14.0. The summed E-state index contributed by atoms with van der Waals surface area (Å²) in [7, 11) is 1.88. The number of amides is 1. The lowest BCUT2D eigenvalue weighted by Crippen LogP contribution is -2.31. The van der Waals surface area contributed by atoms with Gasteiger partial charge in [0.1, 0.15) is 11.9 Å². The number of hydrogen-bond donors (Lipinski definition) is 1. The monoisotopic (exact) mass is 562 g/mol. The third kappa shape index (κ3) is 4.41. The number of aromatic nitrogens is 5. The van der Waals surface area contributed by atoms with E-state index in [0.717, 1.165) is 52.2 Å². The van der Waals surface area contributed by atoms with Crippen LogP contribution in [0.5, 0.6) is 0 Å². The fourth-order valence-electron chi connectivity index (χ4n) is 6.24. The number of nitriles is 1. The molecule has 0 unspecified atom stereocenters. The fraction of sp³-hybridized carbons (Fsp3) is 0.258. The van der Waals surface area contributed by atoms with Crippen LogP contribution >= 0.6 is 11.6 Å². The number of hydrogen-bond acceptors (Lipinski definition) is 6. The number of piperidine rings is 1. The van der Waals surface area contributed by atoms with Gasteiger partial charge in [-0.3, -0.25) is 9.48 Å². The van der Waals surface area contributed by atoms with Crippen molar-refractivity contribution < 1.29 is 4.79 Å². The van der Waals surface area contributed by atoms with Gasteiger partial charge >= 0.3 is 0 Å². The molecular weight excluding hydrogens is 536 g/mol. The van der Waals surface area contributed by atoms with E-state index in [9.17, 15) is 10.1 Å². The molecule has 1 saturated carbocycles. The minimum atomic E-state index is -0.105. The van der Waals surface area contributed by atoms with E-state index < -0.39 is 0 Å². The molecule has 3 atom stereocenters. The molecule has 1 saturated heterocycles. The van der Waals surface area contributed by atoms with Gasteiger partial charge in [0, 0.05) is 67.5 Å². The minimum Gasteiger partial charge on any atom is -0.356 e. The zero-order valence-electron chi connectivity index (χ0n) is 22.6. The zero-order chi connectivity index (χ0) is 28.2. The maximum absolute atomic E-state index is 12.7. The summed E-state index contributed by atoms with van der Waals surface area (Å²) < 4.78 is 3.52. The molecule has 9 nitrogen and oxygen atoms in total. The molecule has 7 rings (SSSR count). The summed E-state index contributed by atoms with van der Waals surface area (Å²) in [5.41, 5.74) is 6.46. The molecule has 0 spiro atoms. The van der Waals surface area contributed by atoms with Gasteiger partial charge in [-0.25, -0.2) is 9.50 Å². The summed E-state index contributed by atoms with van der Waals surface area (Å²) in [5, 5.41) is 22.0. The zero-order valence-corrected chi connectivity index (χ0v) is 23.4. The molecule has 2 fully saturated rings. The Labute approximate surface area is 242 Å². The first kappa shape index (κ1) is 25.3. The molecule has 1 aliphatic carbocycles. The number of halogens is 1. The number of nitrogens with one attached hydrogen (secondary N) is 1. The number of anilines is 1. The molecule has 5 heterocycles. The van der Waals surface area contributed by atoms with Gasteiger partial charge in [-0.2, -0.15) is 15.5 Å². The summed E-state index contributed by atoms with van der Waals surface area (Å²) >= 11 is 6.27. The van der Waals surface area contributed by atoms with E-state index in [1.807, 2.05) is 57.0 Å². The summed E-state index contributed by atoms with van der Waals surface area (Å²) in [5.74, 6) is 2.40. The topological polar surface area (TPSA) is 104 Å². The Morgan fingerprint density at radius 3 is 2.59 bits per heavy atom. The summed E-state index contributed by atoms with van der Waals surface area (Å²) in [6.45, 7) is 4.41. The first-order valence-electron chi connectivity index (χ1n) is 13.6. The van der Waals surface area contributed by atoms with Gasteiger partial charge in [0.2, 0.25) is 0 Å². The van der Waals surface area contributed by atoms with Gasteiger partial charge in [-0.15, -0.1) is 0 Å². The third-order valence-corrected chi connectivity index (χ3v) is 8.79. The number of rotatable bonds is 6. The van der Waals surface area contributed by atoms with E-state index >= 15 is 0 Å². The SMILES string of the molecule is Cc1cccc(Cl)c1C(=O)NC[C@@H]1[C@H]2CN(c3ccc(-c4cc(-c5cnn(C)c5)cn5ncc(C#N)c45)cn3)C[C@@H]12. The second-order valence-corrected chi connectivity index (χ2v) is 11.4. The highest BCUT2D eigenvalue weighted by Gasteiger charge is 2.55. The average molecular weight is 563 g/mol. The largest absolute Gasteiger partial charge is 0.356 e. The molecule has 10 heteroatoms. The molecule has 1 N–H and O–H groups in total. The van der Waals surface area contributed by atoms with E-state index in [0.29, 0.717) is 40.4 Å². The Morgan fingerprint density at radius 1 is 1.07 bits per heavy atom. The molecule has 1 aromatic carbocycles. The van der Waals surface area contributed by atoms with Gasteiger partial charge in [-0.05, 0) is 54.5 Å². The maximum atomic E-state index is 12.7. The van der Waals surface area contributed by atoms with E-state index in [1.54, 1.807) is 21.5 Å². The predicted octanol–water partition coefficient (Wildman–Crippen LogP) is 4.74. The first-order valence-corrected chi connectivity index (χ1v) is 13.9. The van der Waals surface area contributed by atoms with Crippen LogP contribution in [0.25, 0.3) is 27.8 Å². The lowest BCUT2D eigenvalue weighted by Gasteiger charge is -2.21. The van der Waals surface area contributed by atoms with Gasteiger partial charge in [0.15, 0.2) is 0 Å². The lowest BCUT2D eigenvalue weighted by atomic mass is 10.0. The van der Waals surface area contributed by atoms with Crippen LogP contribution in [0.15, 0.2) is 67.4 Å². The maximum Gasteiger partial charge on any atom is 0.253 e. The average Bonchev–Trinajstić information content (AvgIpc) is 3.41. The van der Waals surface area contributed by atoms with Crippen molar-refractivity contribution in [1.82, 2.24) is 29.7 Å². The Bertz CT molecular complexity index is 1820. The standard InChI is InChI=1S/C31H27ClN8O/c1-18-4-3-5-27(32)29(18)31(41)35-13-24-25-16-39(17-26(24)25)28-7-6-19(10-34-28)23-8-20(22-12-36-38(2)14-22)15-40-30(23)21(9-33)11-37-40/h3-8,10-12,14-15,24-26H,13,16-17H2,1-2H3,(H,35,41)/t24-,25-,26+. The van der Waals surface area contributed by atoms with Crippen LogP contribution in [0, 0.1) is 36.0 Å². The summed E-state index contributed by atoms with van der Waals surface area (Å²) in [6.07, 6.45) is 9.16. The van der Waals surface area contributed by atoms with Gasteiger partial charge in [-0.1, -0.05) is 23.7 Å². The Hall–Kier alpha value is -4.68. The van der Waals surface area contributed by atoms with Crippen LogP contribution in [0.4, 0.5) is 5.82 Å². The highest BCUT2D eigenvalue weighted by atomic mass is 35.5. The van der Waals surface area contributed by atoms with Gasteiger partial charge in [0.25, 0.3) is 5.91 Å². The van der Waals surface area contributed by atoms with Crippen LogP contribution in [-0.2, 0) is 7.05 Å². The number of aryl methyl sites for hydroxylation is 2. The number of pyridine rings is 2. The highest BCUT2D eigenvalue weighted by molar-refractivity contribution is 6.34. The van der Waals surface area contributed by atoms with Crippen molar-refractivity contribution in [2.75, 3.05) is 24.5 Å². The van der Waals surface area contributed by atoms with Crippen molar-refractivity contribution in [1.29, 1.82) is 5.26 Å². The predicted molar refractivity (Wildman–Crippen MR) is 157 cm³/mol. The molecule has 4 aromatic heterocycles. The molecule has 41 heavy (non-hydrogen) atoms. The van der Waals surface area contributed by atoms with Crippen molar-refractivity contribution in [3.8, 4) is 28.3 Å². The van der Waals surface area contributed by atoms with E-state index in [2.05, 4.69) is 38.6 Å². The van der Waals surface area contributed by atoms with Gasteiger partial charge in [0.05, 0.1) is 34.1 Å². The number of nitrogens with zero attached hydrogens (tertiary/aromatic N) is 7. The van der Waals surface area contributed by atoms with Crippen molar-refractivity contribution in [3.05, 3.63) is 89.1 Å². The number of fused-ring (bicyclic) bond motifs is 2. The molecular formula is C31H27ClN8O. The fourth-order valence-corrected chi connectivity index (χ4v) is 6.55. The number of benzene rings is 1. The van der Waals surface area contributed by atoms with E-state index in [4.69, 9.17) is 16.6 Å². The second kappa shape index (κ2) is 9.75. The van der Waals surface area contributed by atoms with Crippen LogP contribution in [0.3, 0.4) is 0 Å². The molecule has 1 amide bonds. The van der Waals surface area contributed by atoms with E-state index in [-0.39, 0.29) is 5.91 Å². The molecule has 0 radical (unpaired) electrons. The highest BCUT2D eigenvalue weighted by Crippen LogP contribution is 2.52. The Kier molecular flexibility index (Phi) is 6.02. The number of carbonyl (C=O) groups is 1. The minimum absolute atomic E-state index is 0.105. The van der Waals surface area contributed by atoms with Gasteiger partial charge < -0.3 is 10.2 Å². The number of carbonyl (C=O) groups excluding carboxylic acids is 1. The summed E-state index contributed by atoms with van der Waals surface area (Å²) in [4.78, 5) is 19.9. The van der Waals surface area contributed by atoms with Crippen molar-refractivity contribution in [3.63, 3.8) is 0 Å². The Morgan fingerprint density at radius 2 is 1.90 bits per heavy atom. The van der Waals surface area contributed by atoms with Crippen LogP contribution in [0.2, 0.25) is 5.02 Å². The normalized spacial score (nSPS) is 19.3. The smallest absolute Gasteiger partial charge is 0.253 e. The van der Waals surface area contributed by atoms with Crippen LogP contribution in [0.1, 0.15) is 21.5 Å². The third-order valence-electron chi connectivity index (χ3n) is 8.47. The van der Waals surface area contributed by atoms with Crippen LogP contribution in [-0.4, -0.2) is 49.9 Å². The first-order chi connectivity index (χ1) is 19.9. The van der Waals surface area contributed by atoms with Crippen molar-refractivity contribution in [2.24, 2.45) is 24.8 Å². The molecule has 204 valence electrons. The molecule has 2 aliphatic rings. The second-order valence-electron chi connectivity index (χ2n) is 11.0.